The number of ether oxygens (including phenoxy) is 1. The number of halogens is 4. The van der Waals surface area contributed by atoms with Crippen LogP contribution in [0.3, 0.4) is 0 Å². The molecule has 0 fully saturated rings. The number of unbranched alkanes of at least 4 members (excludes halogenated alkanes) is 1. The van der Waals surface area contributed by atoms with Crippen molar-refractivity contribution in [3.63, 3.8) is 0 Å². The molecule has 23 heavy (non-hydrogen) atoms. The molecule has 0 aliphatic carbocycles. The number of hydrogen-bond acceptors (Lipinski definition) is 3. The molecule has 8 heteroatoms. The lowest BCUT2D eigenvalue weighted by molar-refractivity contribution is -0.137. The van der Waals surface area contributed by atoms with Crippen LogP contribution < -0.4 is 15.8 Å². The van der Waals surface area contributed by atoms with Crippen LogP contribution in [0, 0.1) is 0 Å². The molecule has 1 amide bonds. The largest absolute Gasteiger partial charge is 0.484 e. The van der Waals surface area contributed by atoms with Gasteiger partial charge in [-0.1, -0.05) is 19.8 Å². The standard InChI is InChI=1S/C15H21F3N2O2.ClH/c1-2-3-4-12(9-19)20-14(21)10-22-13-7-5-11(6-8-13)15(16,17)18;/h5-8,12H,2-4,9-10,19H2,1H3,(H,20,21);1H. The summed E-state index contributed by atoms with van der Waals surface area (Å²) in [6.07, 6.45) is -1.63. The van der Waals surface area contributed by atoms with E-state index in [0.717, 1.165) is 31.4 Å². The fraction of sp³-hybridized carbons (Fsp3) is 0.533. The number of carbonyl (C=O) groups is 1. The highest BCUT2D eigenvalue weighted by Gasteiger charge is 2.30. The molecule has 4 nitrogen and oxygen atoms in total. The Hall–Kier alpha value is -1.47. The highest BCUT2D eigenvalue weighted by molar-refractivity contribution is 5.85. The zero-order valence-corrected chi connectivity index (χ0v) is 13.7. The Kier molecular flexibility index (Phi) is 9.67. The van der Waals surface area contributed by atoms with Crippen LogP contribution in [0.5, 0.6) is 5.75 Å². The molecule has 1 aromatic carbocycles. The van der Waals surface area contributed by atoms with Crippen LogP contribution in [0.15, 0.2) is 24.3 Å². The molecule has 1 rings (SSSR count). The highest BCUT2D eigenvalue weighted by atomic mass is 35.5. The van der Waals surface area contributed by atoms with Gasteiger partial charge >= 0.3 is 6.18 Å². The van der Waals surface area contributed by atoms with E-state index in [-0.39, 0.29) is 36.7 Å². The Labute approximate surface area is 140 Å². The third-order valence-electron chi connectivity index (χ3n) is 3.11. The van der Waals surface area contributed by atoms with Crippen molar-refractivity contribution < 1.29 is 22.7 Å². The van der Waals surface area contributed by atoms with Gasteiger partial charge in [0, 0.05) is 12.6 Å². The van der Waals surface area contributed by atoms with Gasteiger partial charge in [-0.25, -0.2) is 0 Å². The van der Waals surface area contributed by atoms with E-state index in [9.17, 15) is 18.0 Å². The highest BCUT2D eigenvalue weighted by Crippen LogP contribution is 2.30. The average Bonchev–Trinajstić information content (AvgIpc) is 2.49. The zero-order valence-electron chi connectivity index (χ0n) is 12.9. The predicted molar refractivity (Wildman–Crippen MR) is 84.7 cm³/mol. The van der Waals surface area contributed by atoms with Crippen molar-refractivity contribution in [3.05, 3.63) is 29.8 Å². The Morgan fingerprint density at radius 1 is 1.30 bits per heavy atom. The molecule has 0 saturated carbocycles. The van der Waals surface area contributed by atoms with Crippen LogP contribution in [-0.4, -0.2) is 25.1 Å². The number of nitrogens with one attached hydrogen (secondary N) is 1. The Balaban J connectivity index is 0.00000484. The van der Waals surface area contributed by atoms with E-state index >= 15 is 0 Å². The molecule has 3 N–H and O–H groups in total. The second-order valence-corrected chi connectivity index (χ2v) is 4.95. The van der Waals surface area contributed by atoms with E-state index in [2.05, 4.69) is 5.32 Å². The molecule has 0 aromatic heterocycles. The van der Waals surface area contributed by atoms with E-state index in [1.807, 2.05) is 6.92 Å². The van der Waals surface area contributed by atoms with Gasteiger partial charge in [0.2, 0.25) is 0 Å². The van der Waals surface area contributed by atoms with Crippen LogP contribution in [-0.2, 0) is 11.0 Å². The second-order valence-electron chi connectivity index (χ2n) is 4.95. The Morgan fingerprint density at radius 3 is 2.39 bits per heavy atom. The molecule has 0 bridgehead atoms. The van der Waals surface area contributed by atoms with E-state index in [0.29, 0.717) is 6.54 Å². The number of nitrogens with two attached hydrogens (primary N) is 1. The van der Waals surface area contributed by atoms with Gasteiger partial charge in [-0.05, 0) is 30.7 Å². The summed E-state index contributed by atoms with van der Waals surface area (Å²) in [5.41, 5.74) is 4.81. The average molecular weight is 355 g/mol. The monoisotopic (exact) mass is 354 g/mol. The van der Waals surface area contributed by atoms with Crippen LogP contribution in [0.25, 0.3) is 0 Å². The first-order valence-corrected chi connectivity index (χ1v) is 7.16. The van der Waals surface area contributed by atoms with Crippen molar-refractivity contribution in [3.8, 4) is 5.75 Å². The van der Waals surface area contributed by atoms with Crippen molar-refractivity contribution in [2.45, 2.75) is 38.4 Å². The third-order valence-corrected chi connectivity index (χ3v) is 3.11. The van der Waals surface area contributed by atoms with Crippen molar-refractivity contribution in [2.75, 3.05) is 13.2 Å². The van der Waals surface area contributed by atoms with E-state index in [1.54, 1.807) is 0 Å². The summed E-state index contributed by atoms with van der Waals surface area (Å²) in [7, 11) is 0. The lowest BCUT2D eigenvalue weighted by atomic mass is 10.1. The first-order valence-electron chi connectivity index (χ1n) is 7.16. The van der Waals surface area contributed by atoms with Crippen molar-refractivity contribution in [1.82, 2.24) is 5.32 Å². The molecule has 0 aliphatic heterocycles. The topological polar surface area (TPSA) is 64.3 Å². The van der Waals surface area contributed by atoms with E-state index in [4.69, 9.17) is 10.5 Å². The minimum Gasteiger partial charge on any atom is -0.484 e. The number of benzene rings is 1. The van der Waals surface area contributed by atoms with Crippen molar-refractivity contribution >= 4 is 18.3 Å². The number of carbonyl (C=O) groups excluding carboxylic acids is 1. The Morgan fingerprint density at radius 2 is 1.91 bits per heavy atom. The fourth-order valence-electron chi connectivity index (χ4n) is 1.86. The van der Waals surface area contributed by atoms with Crippen LogP contribution in [0.1, 0.15) is 31.7 Å². The van der Waals surface area contributed by atoms with Crippen molar-refractivity contribution in [1.29, 1.82) is 0 Å². The first kappa shape index (κ1) is 21.5. The lowest BCUT2D eigenvalue weighted by Crippen LogP contribution is -2.42. The number of amides is 1. The summed E-state index contributed by atoms with van der Waals surface area (Å²) in [6.45, 7) is 2.13. The molecular formula is C15H22ClF3N2O2. The minimum absolute atomic E-state index is 0. The van der Waals surface area contributed by atoms with Gasteiger partial charge in [0.15, 0.2) is 6.61 Å². The Bertz CT molecular complexity index is 467. The van der Waals surface area contributed by atoms with Crippen LogP contribution >= 0.6 is 12.4 Å². The summed E-state index contributed by atoms with van der Waals surface area (Å²) in [5, 5.41) is 2.74. The molecule has 0 aliphatic rings. The van der Waals surface area contributed by atoms with Gasteiger partial charge in [-0.3, -0.25) is 4.79 Å². The third kappa shape index (κ3) is 8.08. The molecule has 0 saturated heterocycles. The van der Waals surface area contributed by atoms with Crippen LogP contribution in [0.2, 0.25) is 0 Å². The fourth-order valence-corrected chi connectivity index (χ4v) is 1.86. The molecule has 1 unspecified atom stereocenters. The maximum absolute atomic E-state index is 12.4. The predicted octanol–water partition coefficient (Wildman–Crippen LogP) is 3.14. The number of rotatable bonds is 8. The van der Waals surface area contributed by atoms with Gasteiger partial charge in [0.25, 0.3) is 5.91 Å². The van der Waals surface area contributed by atoms with Gasteiger partial charge in [-0.15, -0.1) is 12.4 Å². The molecule has 0 heterocycles. The molecule has 0 spiro atoms. The summed E-state index contributed by atoms with van der Waals surface area (Å²) in [5.74, 6) is -0.132. The minimum atomic E-state index is -4.39. The quantitative estimate of drug-likeness (QED) is 0.753. The van der Waals surface area contributed by atoms with Gasteiger partial charge in [0.05, 0.1) is 5.56 Å². The summed E-state index contributed by atoms with van der Waals surface area (Å²) in [4.78, 5) is 11.7. The molecule has 132 valence electrons. The molecular weight excluding hydrogens is 333 g/mol. The summed E-state index contributed by atoms with van der Waals surface area (Å²) < 4.78 is 42.4. The summed E-state index contributed by atoms with van der Waals surface area (Å²) >= 11 is 0. The molecule has 1 atom stereocenters. The van der Waals surface area contributed by atoms with E-state index in [1.165, 1.54) is 12.1 Å². The smallest absolute Gasteiger partial charge is 0.416 e. The number of alkyl halides is 3. The normalized spacial score (nSPS) is 12.2. The molecule has 0 radical (unpaired) electrons. The second kappa shape index (κ2) is 10.3. The van der Waals surface area contributed by atoms with Gasteiger partial charge in [-0.2, -0.15) is 13.2 Å². The first-order chi connectivity index (χ1) is 10.4. The van der Waals surface area contributed by atoms with Gasteiger partial charge < -0.3 is 15.8 Å². The maximum Gasteiger partial charge on any atom is 0.416 e. The van der Waals surface area contributed by atoms with Gasteiger partial charge in [0.1, 0.15) is 5.75 Å². The zero-order chi connectivity index (χ0) is 16.6. The summed E-state index contributed by atoms with van der Waals surface area (Å²) in [6, 6.07) is 4.10. The lowest BCUT2D eigenvalue weighted by Gasteiger charge is -2.16. The maximum atomic E-state index is 12.4. The SMILES string of the molecule is CCCCC(CN)NC(=O)COc1ccc(C(F)(F)F)cc1.Cl. The molecule has 1 aromatic rings. The van der Waals surface area contributed by atoms with Crippen LogP contribution in [0.4, 0.5) is 13.2 Å². The van der Waals surface area contributed by atoms with Crippen molar-refractivity contribution in [2.24, 2.45) is 5.73 Å². The number of hydrogen-bond donors (Lipinski definition) is 2. The van der Waals surface area contributed by atoms with E-state index < -0.39 is 11.7 Å².